The third-order valence-electron chi connectivity index (χ3n) is 14.7. The lowest BCUT2D eigenvalue weighted by Gasteiger charge is -2.16. The maximum Gasteiger partial charge on any atom is 0.485 e. The van der Waals surface area contributed by atoms with Crippen molar-refractivity contribution in [1.29, 1.82) is 0 Å². The quantitative estimate of drug-likeness (QED) is 0.0212. The Hall–Kier alpha value is -10.6. The lowest BCUT2D eigenvalue weighted by Crippen LogP contribution is -2.28. The second kappa shape index (κ2) is 35.6. The molecule has 10 aromatic rings. The third-order valence-corrected chi connectivity index (χ3v) is 15.8. The van der Waals surface area contributed by atoms with Crippen molar-refractivity contribution in [3.05, 3.63) is 204 Å². The Morgan fingerprint density at radius 1 is 0.404 bits per heavy atom. The topological polar surface area (TPSA) is 322 Å². The minimum atomic E-state index is -6.09. The van der Waals surface area contributed by atoms with E-state index in [1.165, 1.54) is 0 Å². The first-order valence-corrected chi connectivity index (χ1v) is 35.4. The molecule has 0 spiro atoms. The lowest BCUT2D eigenvalue weighted by atomic mass is 10.1. The second-order valence-corrected chi connectivity index (χ2v) is 28.1. The molecule has 0 radical (unpaired) electrons. The van der Waals surface area contributed by atoms with Crippen molar-refractivity contribution >= 4 is 98.9 Å². The number of benzene rings is 6. The van der Waals surface area contributed by atoms with Gasteiger partial charge in [0.15, 0.2) is 20.2 Å². The fourth-order valence-corrected chi connectivity index (χ4v) is 9.56. The van der Waals surface area contributed by atoms with Crippen molar-refractivity contribution < 1.29 is 100 Å². The first kappa shape index (κ1) is 80.7. The van der Waals surface area contributed by atoms with Crippen LogP contribution in [0.4, 0.5) is 37.7 Å². The SMILES string of the molecule is CC(C)COc1cc(C(=O)N[C@H](C)c2ccccc2)nc2c1ccc1c(OCC(C)C)cc(C(=O)Nc3ccccc3)[nH+]c12.CC(C)COc1cc(C(=O)N[C@H](C)c2ccccc2)nc2c1ccc1c(OCC(C)C)cc(C(=O)Nc3ccccc3)[nH+]c12.O=S(=O)([O-])C(F)(F)F.O=S(=O)([O-])C(F)(F)F. The maximum absolute atomic E-state index is 13.6. The van der Waals surface area contributed by atoms with Gasteiger partial charge < -0.3 is 49.3 Å². The zero-order chi connectivity index (χ0) is 76.4. The van der Waals surface area contributed by atoms with Crippen molar-refractivity contribution in [2.24, 2.45) is 23.7 Å². The Balaban J connectivity index is 0.000000240. The Morgan fingerprint density at radius 2 is 0.663 bits per heavy atom. The number of hydrogen-bond donors (Lipinski definition) is 4. The largest absolute Gasteiger partial charge is 0.741 e. The highest BCUT2D eigenvalue weighted by atomic mass is 32.2. The number of pyridine rings is 4. The number of carbonyl (C=O) groups is 4. The summed E-state index contributed by atoms with van der Waals surface area (Å²) in [6, 6.07) is 52.1. The molecule has 0 fully saturated rings. The molecule has 0 aliphatic heterocycles. The molecular formula is C74H78F6N8O14S2. The van der Waals surface area contributed by atoms with Crippen molar-refractivity contribution in [1.82, 2.24) is 20.6 Å². The van der Waals surface area contributed by atoms with Gasteiger partial charge in [-0.15, -0.1) is 0 Å². The van der Waals surface area contributed by atoms with Gasteiger partial charge in [-0.25, -0.2) is 26.8 Å². The number of fused-ring (bicyclic) bond motifs is 6. The van der Waals surface area contributed by atoms with E-state index in [0.29, 0.717) is 94.3 Å². The van der Waals surface area contributed by atoms with Crippen LogP contribution in [0.3, 0.4) is 0 Å². The second-order valence-electron chi connectivity index (χ2n) is 25.3. The summed E-state index contributed by atoms with van der Waals surface area (Å²) in [4.78, 5) is 70.4. The summed E-state index contributed by atoms with van der Waals surface area (Å²) < 4.78 is 143. The van der Waals surface area contributed by atoms with Gasteiger partial charge in [-0.3, -0.25) is 19.2 Å². The fraction of sp³-hybridized carbons (Fsp3) is 0.297. The number of halogens is 6. The number of ether oxygens (including phenoxy) is 4. The number of nitrogens with zero attached hydrogens (tertiary/aromatic N) is 2. The molecule has 4 amide bonds. The summed E-state index contributed by atoms with van der Waals surface area (Å²) in [6.45, 7) is 22.3. The highest BCUT2D eigenvalue weighted by Gasteiger charge is 2.38. The van der Waals surface area contributed by atoms with Crippen LogP contribution in [0.2, 0.25) is 0 Å². The monoisotopic (exact) mass is 1480 g/mol. The average molecular weight is 1480 g/mol. The molecule has 0 unspecified atom stereocenters. The smallest absolute Gasteiger partial charge is 0.485 e. The zero-order valence-corrected chi connectivity index (χ0v) is 59.8. The number of anilines is 2. The number of aromatic amines is 2. The summed E-state index contributed by atoms with van der Waals surface area (Å²) in [5.74, 6) is 1.94. The number of carbonyl (C=O) groups excluding carboxylic acids is 4. The van der Waals surface area contributed by atoms with Crippen molar-refractivity contribution in [3.8, 4) is 23.0 Å². The first-order valence-electron chi connectivity index (χ1n) is 32.6. The van der Waals surface area contributed by atoms with Crippen LogP contribution in [0.5, 0.6) is 23.0 Å². The summed E-state index contributed by atoms with van der Waals surface area (Å²) in [6.07, 6.45) is 0. The molecule has 0 bridgehead atoms. The van der Waals surface area contributed by atoms with E-state index in [-0.39, 0.29) is 70.8 Å². The molecule has 0 saturated carbocycles. The van der Waals surface area contributed by atoms with Crippen LogP contribution >= 0.6 is 0 Å². The highest BCUT2D eigenvalue weighted by Crippen LogP contribution is 2.37. The number of aromatic nitrogens is 4. The molecule has 104 heavy (non-hydrogen) atoms. The molecule has 552 valence electrons. The predicted octanol–water partition coefficient (Wildman–Crippen LogP) is 14.1. The summed E-state index contributed by atoms with van der Waals surface area (Å²) >= 11 is 0. The molecule has 10 rings (SSSR count). The van der Waals surface area contributed by atoms with Crippen LogP contribution in [0.25, 0.3) is 43.6 Å². The molecule has 0 aliphatic carbocycles. The number of rotatable bonds is 22. The van der Waals surface area contributed by atoms with Crippen molar-refractivity contribution in [2.45, 2.75) is 92.3 Å². The van der Waals surface area contributed by atoms with Crippen molar-refractivity contribution in [3.63, 3.8) is 0 Å². The first-order chi connectivity index (χ1) is 48.9. The van der Waals surface area contributed by atoms with Crippen LogP contribution in [0.1, 0.15) is 134 Å². The summed E-state index contributed by atoms with van der Waals surface area (Å²) in [5, 5.41) is 14.9. The van der Waals surface area contributed by atoms with E-state index in [1.807, 2.05) is 159 Å². The van der Waals surface area contributed by atoms with Crippen LogP contribution in [-0.4, -0.2) is 97.0 Å². The Labute approximate surface area is 596 Å². The van der Waals surface area contributed by atoms with Gasteiger partial charge in [0.25, 0.3) is 23.2 Å². The molecule has 4 aromatic heterocycles. The number of para-hydroxylation sites is 2. The van der Waals surface area contributed by atoms with E-state index in [2.05, 4.69) is 86.6 Å². The van der Waals surface area contributed by atoms with E-state index < -0.39 is 31.3 Å². The number of alkyl halides is 6. The Kier molecular flexibility index (Phi) is 27.6. The minimum absolute atomic E-state index is 0.212. The van der Waals surface area contributed by atoms with Gasteiger partial charge in [0.2, 0.25) is 11.0 Å². The van der Waals surface area contributed by atoms with Gasteiger partial charge in [0, 0.05) is 34.3 Å². The molecule has 30 heteroatoms. The van der Waals surface area contributed by atoms with E-state index in [4.69, 9.17) is 54.9 Å². The molecule has 0 saturated heterocycles. The van der Waals surface area contributed by atoms with Gasteiger partial charge in [-0.1, -0.05) is 152 Å². The molecule has 0 aliphatic rings. The van der Waals surface area contributed by atoms with E-state index in [0.717, 1.165) is 32.7 Å². The van der Waals surface area contributed by atoms with Gasteiger partial charge in [0.1, 0.15) is 45.4 Å². The van der Waals surface area contributed by atoms with Crippen LogP contribution < -0.4 is 50.2 Å². The van der Waals surface area contributed by atoms with E-state index in [9.17, 15) is 45.5 Å². The normalized spacial score (nSPS) is 12.3. The molecule has 4 heterocycles. The van der Waals surface area contributed by atoms with Crippen molar-refractivity contribution in [2.75, 3.05) is 37.1 Å². The average Bonchev–Trinajstić information content (AvgIpc) is 0.757. The maximum atomic E-state index is 13.6. The van der Waals surface area contributed by atoms with E-state index in [1.54, 1.807) is 24.3 Å². The highest BCUT2D eigenvalue weighted by molar-refractivity contribution is 7.86. The Morgan fingerprint density at radius 3 is 0.933 bits per heavy atom. The summed E-state index contributed by atoms with van der Waals surface area (Å²) in [7, 11) is -12.2. The fourth-order valence-electron chi connectivity index (χ4n) is 9.56. The van der Waals surface area contributed by atoms with Crippen LogP contribution in [0.15, 0.2) is 170 Å². The molecular weight excluding hydrogens is 1400 g/mol. The molecule has 6 aromatic carbocycles. The van der Waals surface area contributed by atoms with Gasteiger partial charge in [-0.05, 0) is 97.2 Å². The van der Waals surface area contributed by atoms with Gasteiger partial charge in [0.05, 0.1) is 61.4 Å². The number of nitrogens with one attached hydrogen (secondary N) is 6. The predicted molar refractivity (Wildman–Crippen MR) is 378 cm³/mol. The van der Waals surface area contributed by atoms with Crippen LogP contribution in [0, 0.1) is 23.7 Å². The molecule has 6 N–H and O–H groups in total. The number of hydrogen-bond acceptors (Lipinski definition) is 16. The summed E-state index contributed by atoms with van der Waals surface area (Å²) in [5.41, 5.74) is -4.81. The number of amides is 4. The van der Waals surface area contributed by atoms with Crippen LogP contribution in [-0.2, 0) is 20.2 Å². The standard InChI is InChI=1S/2C36H38N4O4.2CHF3O3S/c2*1-22(2)20-43-31-18-29(35(41)37-24(5)25-12-8-6-9-13-25)39-33-27(31)16-17-28-32(44-21-23(3)4)19-30(40-34(28)33)36(42)38-26-14-10-7-11-15-26;2*2-1(3,4)8(5,6)7/h2*6-19,22-24H,20-21H2,1-5H3,(H,37,41)(H,38,42);2*(H,5,6,7)/t2*24-;;/m11../s1. The minimum Gasteiger partial charge on any atom is -0.741 e. The van der Waals surface area contributed by atoms with Gasteiger partial charge >= 0.3 is 22.8 Å². The number of H-pyrrole nitrogens is 2. The third kappa shape index (κ3) is 22.7. The lowest BCUT2D eigenvalue weighted by molar-refractivity contribution is -0.348. The molecule has 22 nitrogen and oxygen atoms in total. The van der Waals surface area contributed by atoms with Gasteiger partial charge in [-0.2, -0.15) is 36.3 Å². The molecule has 2 atom stereocenters. The zero-order valence-electron chi connectivity index (χ0n) is 58.2. The Bertz CT molecular complexity index is 4570. The van der Waals surface area contributed by atoms with E-state index >= 15 is 0 Å².